The summed E-state index contributed by atoms with van der Waals surface area (Å²) in [6.45, 7) is 8.88. The third-order valence-electron chi connectivity index (χ3n) is 3.35. The maximum atomic E-state index is 8.10. The van der Waals surface area contributed by atoms with Gasteiger partial charge in [0.15, 0.2) is 0 Å². The predicted molar refractivity (Wildman–Crippen MR) is 107 cm³/mol. The molecule has 0 aromatic carbocycles. The van der Waals surface area contributed by atoms with E-state index in [1.807, 2.05) is 0 Å². The van der Waals surface area contributed by atoms with Gasteiger partial charge in [-0.25, -0.2) is 4.89 Å². The van der Waals surface area contributed by atoms with Gasteiger partial charge in [0.05, 0.1) is 112 Å². The largest absolute Gasteiger partial charge is 0.382 e. The summed E-state index contributed by atoms with van der Waals surface area (Å²) in [7, 11) is 1.64. The third-order valence-corrected chi connectivity index (χ3v) is 3.35. The standard InChI is InChI=1S/C19H40O11/c1-21-2-3-22-4-5-23-6-7-24-8-9-25-10-11-26-12-13-27-14-15-28-16-17-29-18-19-30-20/h20H,2-19H2,1H3. The number of methoxy groups -OCH3 is 1. The van der Waals surface area contributed by atoms with Crippen LogP contribution in [0.1, 0.15) is 0 Å². The van der Waals surface area contributed by atoms with Crippen LogP contribution >= 0.6 is 0 Å². The Morgan fingerprint density at radius 2 is 0.533 bits per heavy atom. The van der Waals surface area contributed by atoms with Gasteiger partial charge in [0, 0.05) is 7.11 Å². The van der Waals surface area contributed by atoms with Gasteiger partial charge in [-0.15, -0.1) is 0 Å². The van der Waals surface area contributed by atoms with Crippen molar-refractivity contribution in [1.82, 2.24) is 0 Å². The van der Waals surface area contributed by atoms with Crippen molar-refractivity contribution in [3.63, 3.8) is 0 Å². The summed E-state index contributed by atoms with van der Waals surface area (Å²) in [6.07, 6.45) is 0. The summed E-state index contributed by atoms with van der Waals surface area (Å²) in [5.74, 6) is 0. The fourth-order valence-electron chi connectivity index (χ4n) is 1.88. The van der Waals surface area contributed by atoms with Crippen LogP contribution in [0.4, 0.5) is 0 Å². The molecule has 0 saturated carbocycles. The lowest BCUT2D eigenvalue weighted by Crippen LogP contribution is -2.15. The zero-order valence-corrected chi connectivity index (χ0v) is 18.3. The van der Waals surface area contributed by atoms with Gasteiger partial charge >= 0.3 is 0 Å². The summed E-state index contributed by atoms with van der Waals surface area (Å²) in [5, 5.41) is 8.10. The van der Waals surface area contributed by atoms with E-state index in [0.717, 1.165) is 0 Å². The van der Waals surface area contributed by atoms with Crippen LogP contribution in [0, 0.1) is 0 Å². The molecule has 11 heteroatoms. The Morgan fingerprint density at radius 3 is 0.733 bits per heavy atom. The second-order valence-electron chi connectivity index (χ2n) is 5.73. The first kappa shape index (κ1) is 29.6. The second kappa shape index (κ2) is 28.6. The highest BCUT2D eigenvalue weighted by molar-refractivity contribution is 4.37. The van der Waals surface area contributed by atoms with E-state index >= 15 is 0 Å². The first-order valence-electron chi connectivity index (χ1n) is 10.3. The van der Waals surface area contributed by atoms with Gasteiger partial charge in [0.1, 0.15) is 6.61 Å². The van der Waals surface area contributed by atoms with E-state index in [1.165, 1.54) is 0 Å². The van der Waals surface area contributed by atoms with Crippen LogP contribution in [0.3, 0.4) is 0 Å². The van der Waals surface area contributed by atoms with Crippen molar-refractivity contribution in [2.24, 2.45) is 0 Å². The Kier molecular flexibility index (Phi) is 28.1. The number of ether oxygens (including phenoxy) is 9. The van der Waals surface area contributed by atoms with Crippen molar-refractivity contribution in [1.29, 1.82) is 0 Å². The fraction of sp³-hybridized carbons (Fsp3) is 1.00. The van der Waals surface area contributed by atoms with Gasteiger partial charge in [-0.2, -0.15) is 0 Å². The molecule has 0 unspecified atom stereocenters. The molecule has 0 bridgehead atoms. The van der Waals surface area contributed by atoms with Crippen LogP contribution < -0.4 is 0 Å². The van der Waals surface area contributed by atoms with Crippen molar-refractivity contribution >= 4 is 0 Å². The van der Waals surface area contributed by atoms with Gasteiger partial charge in [-0.05, 0) is 0 Å². The summed E-state index contributed by atoms with van der Waals surface area (Å²) in [5.41, 5.74) is 0. The minimum atomic E-state index is 0.157. The molecule has 182 valence electrons. The molecule has 0 aromatic rings. The molecular weight excluding hydrogens is 404 g/mol. The summed E-state index contributed by atoms with van der Waals surface area (Å²) in [6, 6.07) is 0. The van der Waals surface area contributed by atoms with Gasteiger partial charge < -0.3 is 42.6 Å². The van der Waals surface area contributed by atoms with Crippen molar-refractivity contribution < 1.29 is 52.8 Å². The van der Waals surface area contributed by atoms with Gasteiger partial charge in [0.2, 0.25) is 0 Å². The molecule has 0 atom stereocenters. The normalized spacial score (nSPS) is 11.4. The molecule has 0 aliphatic heterocycles. The first-order valence-corrected chi connectivity index (χ1v) is 10.3. The molecule has 0 aromatic heterocycles. The average Bonchev–Trinajstić information content (AvgIpc) is 2.76. The minimum Gasteiger partial charge on any atom is -0.382 e. The lowest BCUT2D eigenvalue weighted by atomic mass is 10.6. The predicted octanol–water partition coefficient (Wildman–Crippen LogP) is 0.255. The van der Waals surface area contributed by atoms with Gasteiger partial charge in [0.25, 0.3) is 0 Å². The number of hydrogen-bond donors (Lipinski definition) is 1. The van der Waals surface area contributed by atoms with Crippen LogP contribution in [0.15, 0.2) is 0 Å². The smallest absolute Gasteiger partial charge is 0.105 e. The molecule has 0 aliphatic rings. The Labute approximate surface area is 179 Å². The van der Waals surface area contributed by atoms with Crippen LogP contribution in [0.2, 0.25) is 0 Å². The van der Waals surface area contributed by atoms with Crippen molar-refractivity contribution in [3.8, 4) is 0 Å². The maximum Gasteiger partial charge on any atom is 0.105 e. The Morgan fingerprint density at radius 1 is 0.333 bits per heavy atom. The molecule has 0 aliphatic carbocycles. The Bertz CT molecular complexity index is 270. The molecule has 0 fully saturated rings. The zero-order chi connectivity index (χ0) is 21.8. The van der Waals surface area contributed by atoms with Crippen LogP contribution in [0.25, 0.3) is 0 Å². The molecule has 0 spiro atoms. The number of hydrogen-bond acceptors (Lipinski definition) is 11. The monoisotopic (exact) mass is 444 g/mol. The van der Waals surface area contributed by atoms with Gasteiger partial charge in [-0.3, -0.25) is 5.26 Å². The highest BCUT2D eigenvalue weighted by atomic mass is 17.1. The molecule has 0 heterocycles. The lowest BCUT2D eigenvalue weighted by Gasteiger charge is -2.08. The van der Waals surface area contributed by atoms with E-state index in [-0.39, 0.29) is 6.61 Å². The molecule has 1 N–H and O–H groups in total. The van der Waals surface area contributed by atoms with E-state index in [0.29, 0.717) is 112 Å². The third kappa shape index (κ3) is 27.6. The van der Waals surface area contributed by atoms with Crippen LogP contribution in [-0.2, 0) is 47.5 Å². The second-order valence-corrected chi connectivity index (χ2v) is 5.73. The van der Waals surface area contributed by atoms with Crippen molar-refractivity contribution in [3.05, 3.63) is 0 Å². The van der Waals surface area contributed by atoms with Crippen molar-refractivity contribution in [2.45, 2.75) is 0 Å². The van der Waals surface area contributed by atoms with E-state index in [2.05, 4.69) is 4.89 Å². The van der Waals surface area contributed by atoms with Gasteiger partial charge in [-0.1, -0.05) is 0 Å². The van der Waals surface area contributed by atoms with Crippen LogP contribution in [-0.4, -0.2) is 131 Å². The zero-order valence-electron chi connectivity index (χ0n) is 18.3. The Balaban J connectivity index is 2.97. The van der Waals surface area contributed by atoms with E-state index < -0.39 is 0 Å². The summed E-state index contributed by atoms with van der Waals surface area (Å²) < 4.78 is 47.5. The van der Waals surface area contributed by atoms with Crippen LogP contribution in [0.5, 0.6) is 0 Å². The molecular formula is C19H40O11. The molecule has 0 radical (unpaired) electrons. The SMILES string of the molecule is COCCOCCOCCOCCOCCOCCOCCOCCOCCOO. The lowest BCUT2D eigenvalue weighted by molar-refractivity contribution is -0.249. The fourth-order valence-corrected chi connectivity index (χ4v) is 1.88. The first-order chi connectivity index (χ1) is 14.9. The summed E-state index contributed by atoms with van der Waals surface area (Å²) >= 11 is 0. The molecule has 11 nitrogen and oxygen atoms in total. The van der Waals surface area contributed by atoms with E-state index in [9.17, 15) is 0 Å². The average molecular weight is 445 g/mol. The molecule has 0 rings (SSSR count). The minimum absolute atomic E-state index is 0.157. The molecule has 30 heavy (non-hydrogen) atoms. The Hall–Kier alpha value is -0.440. The van der Waals surface area contributed by atoms with Crippen molar-refractivity contribution in [2.75, 3.05) is 126 Å². The van der Waals surface area contributed by atoms with E-state index in [1.54, 1.807) is 7.11 Å². The number of rotatable bonds is 27. The molecule has 0 saturated heterocycles. The maximum absolute atomic E-state index is 8.10. The quantitative estimate of drug-likeness (QED) is 0.107. The highest BCUT2D eigenvalue weighted by Crippen LogP contribution is 1.86. The summed E-state index contributed by atoms with van der Waals surface area (Å²) in [4.78, 5) is 3.88. The molecule has 0 amide bonds. The van der Waals surface area contributed by atoms with E-state index in [4.69, 9.17) is 47.9 Å². The highest BCUT2D eigenvalue weighted by Gasteiger charge is 1.95. The topological polar surface area (TPSA) is 113 Å².